The lowest BCUT2D eigenvalue weighted by atomic mass is 9.81. The van der Waals surface area contributed by atoms with Crippen LogP contribution in [-0.2, 0) is 10.8 Å². The molecular weight excluding hydrogens is 497 g/mol. The molecule has 0 heterocycles. The lowest BCUT2D eigenvalue weighted by molar-refractivity contribution is 0.569. The summed E-state index contributed by atoms with van der Waals surface area (Å²) in [6, 6.07) is 22.4. The van der Waals surface area contributed by atoms with Gasteiger partial charge in [0.1, 0.15) is 0 Å². The Kier molecular flexibility index (Phi) is 8.32. The normalized spacial score (nSPS) is 15.2. The molecule has 40 heavy (non-hydrogen) atoms. The van der Waals surface area contributed by atoms with Crippen molar-refractivity contribution in [2.75, 3.05) is 0 Å². The monoisotopic (exact) mass is 548 g/mol. The summed E-state index contributed by atoms with van der Waals surface area (Å²) in [5, 5.41) is 6.18. The maximum Gasteiger partial charge on any atom is 0.179 e. The third-order valence-electron chi connectivity index (χ3n) is 8.93. The van der Waals surface area contributed by atoms with Crippen molar-refractivity contribution in [3.8, 4) is 0 Å². The zero-order valence-corrected chi connectivity index (χ0v) is 28.3. The Labute approximate surface area is 246 Å². The lowest BCUT2D eigenvalue weighted by Gasteiger charge is -2.40. The van der Waals surface area contributed by atoms with Gasteiger partial charge in [0.25, 0.3) is 0 Å². The molecule has 3 aromatic carbocycles. The predicted octanol–water partition coefficient (Wildman–Crippen LogP) is 8.83. The molecule has 0 radical (unpaired) electrons. The van der Waals surface area contributed by atoms with Crippen molar-refractivity contribution >= 4 is 23.6 Å². The Bertz CT molecular complexity index is 1340. The van der Waals surface area contributed by atoms with Crippen LogP contribution in [0.4, 0.5) is 0 Å². The summed E-state index contributed by atoms with van der Waals surface area (Å²) in [4.78, 5) is 0. The Morgan fingerprint density at radius 3 is 1.38 bits per heavy atom. The topological polar surface area (TPSA) is 0 Å². The number of benzene rings is 3. The second-order valence-corrected chi connectivity index (χ2v) is 18.4. The van der Waals surface area contributed by atoms with E-state index in [0.717, 1.165) is 12.8 Å². The van der Waals surface area contributed by atoms with Gasteiger partial charge in [0.2, 0.25) is 0 Å². The molecule has 1 atom stereocenters. The van der Waals surface area contributed by atoms with Crippen molar-refractivity contribution in [3.63, 3.8) is 0 Å². The average molecular weight is 549 g/mol. The Hall–Kier alpha value is -2.64. The van der Waals surface area contributed by atoms with Crippen molar-refractivity contribution in [2.24, 2.45) is 5.92 Å². The molecule has 0 N–H and O–H groups in total. The van der Waals surface area contributed by atoms with Crippen LogP contribution < -0.4 is 15.6 Å². The standard InChI is InChI=1S/C39H52Si/c1-13-30(6)36-15-14-16-37(36)40(33-19-26(2)17-27(3)20-33,34-21-28(4)18-29(5)22-34)35-24-31(38(7,8)9)23-32(25-35)39(10,11)12/h15-25,30H,13-14H2,1-12H3. The van der Waals surface area contributed by atoms with E-state index < -0.39 is 8.07 Å². The second kappa shape index (κ2) is 11.0. The minimum absolute atomic E-state index is 0.0562. The van der Waals surface area contributed by atoms with Crippen LogP contribution >= 0.6 is 0 Å². The van der Waals surface area contributed by atoms with Crippen molar-refractivity contribution in [2.45, 2.75) is 107 Å². The zero-order valence-electron chi connectivity index (χ0n) is 27.3. The summed E-state index contributed by atoms with van der Waals surface area (Å²) in [5.41, 5.74) is 9.98. The van der Waals surface area contributed by atoms with Gasteiger partial charge in [-0.25, -0.2) is 0 Å². The summed E-state index contributed by atoms with van der Waals surface area (Å²) in [7, 11) is -2.69. The van der Waals surface area contributed by atoms with Gasteiger partial charge >= 0.3 is 0 Å². The molecule has 1 unspecified atom stereocenters. The SMILES string of the molecule is CCC(C)C1=CCC=C1[Si](c1cc(C)cc(C)c1)(c1cc(C)cc(C)c1)c1cc(C(C)(C)C)cc(C(C)(C)C)c1. The molecule has 212 valence electrons. The molecule has 1 aliphatic carbocycles. The van der Waals surface area contributed by atoms with Crippen molar-refractivity contribution < 1.29 is 0 Å². The smallest absolute Gasteiger partial charge is 0.0801 e. The fourth-order valence-corrected chi connectivity index (χ4v) is 12.3. The van der Waals surface area contributed by atoms with Gasteiger partial charge in [-0.05, 0) is 94.7 Å². The highest BCUT2D eigenvalue weighted by Gasteiger charge is 2.47. The van der Waals surface area contributed by atoms with Crippen LogP contribution in [0.1, 0.15) is 102 Å². The minimum Gasteiger partial charge on any atom is -0.0801 e. The van der Waals surface area contributed by atoms with Gasteiger partial charge in [0, 0.05) is 0 Å². The van der Waals surface area contributed by atoms with Crippen LogP contribution in [0.3, 0.4) is 0 Å². The molecule has 3 aromatic rings. The van der Waals surface area contributed by atoms with Crippen molar-refractivity contribution in [3.05, 3.63) is 111 Å². The van der Waals surface area contributed by atoms with Gasteiger partial charge in [0.05, 0.1) is 0 Å². The first-order valence-corrected chi connectivity index (χ1v) is 17.3. The van der Waals surface area contributed by atoms with E-state index in [1.165, 1.54) is 48.9 Å². The molecule has 0 nitrogen and oxygen atoms in total. The van der Waals surface area contributed by atoms with Crippen LogP contribution in [-0.4, -0.2) is 8.07 Å². The molecule has 0 spiro atoms. The average Bonchev–Trinajstić information content (AvgIpc) is 3.32. The van der Waals surface area contributed by atoms with E-state index in [0.29, 0.717) is 5.92 Å². The summed E-state index contributed by atoms with van der Waals surface area (Å²) < 4.78 is 0. The third kappa shape index (κ3) is 5.73. The number of aryl methyl sites for hydroxylation is 4. The van der Waals surface area contributed by atoms with E-state index in [4.69, 9.17) is 0 Å². The molecular formula is C39H52Si. The number of rotatable bonds is 6. The molecule has 0 bridgehead atoms. The van der Waals surface area contributed by atoms with E-state index in [9.17, 15) is 0 Å². The summed E-state index contributed by atoms with van der Waals surface area (Å²) in [6.07, 6.45) is 7.32. The van der Waals surface area contributed by atoms with E-state index in [1.807, 2.05) is 0 Å². The molecule has 0 saturated carbocycles. The fraction of sp³-hybridized carbons (Fsp3) is 0.436. The predicted molar refractivity (Wildman–Crippen MR) is 181 cm³/mol. The van der Waals surface area contributed by atoms with Gasteiger partial charge in [0.15, 0.2) is 8.07 Å². The second-order valence-electron chi connectivity index (χ2n) is 14.6. The van der Waals surface area contributed by atoms with Crippen molar-refractivity contribution in [1.82, 2.24) is 0 Å². The molecule has 4 rings (SSSR count). The van der Waals surface area contributed by atoms with Gasteiger partial charge < -0.3 is 0 Å². The maximum absolute atomic E-state index is 2.69. The summed E-state index contributed by atoms with van der Waals surface area (Å²) in [5.74, 6) is 0.533. The van der Waals surface area contributed by atoms with Gasteiger partial charge in [-0.15, -0.1) is 0 Å². The minimum atomic E-state index is -2.69. The fourth-order valence-electron chi connectivity index (χ4n) is 6.65. The Morgan fingerprint density at radius 1 is 0.600 bits per heavy atom. The molecule has 1 heteroatoms. The van der Waals surface area contributed by atoms with Crippen molar-refractivity contribution in [1.29, 1.82) is 0 Å². The molecule has 0 amide bonds. The zero-order chi connectivity index (χ0) is 29.6. The molecule has 1 aliphatic rings. The maximum atomic E-state index is 2.60. The Balaban J connectivity index is 2.29. The lowest BCUT2D eigenvalue weighted by Crippen LogP contribution is -2.69. The van der Waals surface area contributed by atoms with Crippen LogP contribution in [0.2, 0.25) is 0 Å². The largest absolute Gasteiger partial charge is 0.179 e. The molecule has 0 aliphatic heterocycles. The number of hydrogen-bond donors (Lipinski definition) is 0. The molecule has 0 aromatic heterocycles. The molecule has 0 fully saturated rings. The van der Waals surface area contributed by atoms with Gasteiger partial charge in [-0.2, -0.15) is 0 Å². The van der Waals surface area contributed by atoms with E-state index in [2.05, 4.69) is 150 Å². The first-order chi connectivity index (χ1) is 18.6. The highest BCUT2D eigenvalue weighted by atomic mass is 28.3. The Morgan fingerprint density at radius 2 is 1.00 bits per heavy atom. The molecule has 0 saturated heterocycles. The summed E-state index contributed by atoms with van der Waals surface area (Å²) >= 11 is 0. The summed E-state index contributed by atoms with van der Waals surface area (Å²) in [6.45, 7) is 28.1. The highest BCUT2D eigenvalue weighted by Crippen LogP contribution is 2.37. The number of hydrogen-bond acceptors (Lipinski definition) is 0. The first-order valence-electron chi connectivity index (χ1n) is 15.3. The van der Waals surface area contributed by atoms with E-state index in [1.54, 1.807) is 10.8 Å². The number of allylic oxidation sites excluding steroid dienone is 4. The van der Waals surface area contributed by atoms with Crippen LogP contribution in [0.15, 0.2) is 77.5 Å². The third-order valence-corrected chi connectivity index (χ3v) is 13.7. The van der Waals surface area contributed by atoms with Crippen LogP contribution in [0, 0.1) is 33.6 Å². The highest BCUT2D eigenvalue weighted by molar-refractivity contribution is 7.16. The quantitative estimate of drug-likeness (QED) is 0.213. The first kappa shape index (κ1) is 30.3. The van der Waals surface area contributed by atoms with Crippen LogP contribution in [0.5, 0.6) is 0 Å². The van der Waals surface area contributed by atoms with Crippen LogP contribution in [0.25, 0.3) is 0 Å². The van der Waals surface area contributed by atoms with E-state index in [-0.39, 0.29) is 10.8 Å². The van der Waals surface area contributed by atoms with Gasteiger partial charge in [-0.3, -0.25) is 0 Å². The van der Waals surface area contributed by atoms with Gasteiger partial charge in [-0.1, -0.05) is 144 Å². The van der Waals surface area contributed by atoms with E-state index >= 15 is 0 Å².